The summed E-state index contributed by atoms with van der Waals surface area (Å²) >= 11 is 0. The number of nitrogens with one attached hydrogen (secondary N) is 2. The minimum absolute atomic E-state index is 0.374. The number of hydrogen-bond acceptors (Lipinski definition) is 3. The van der Waals surface area contributed by atoms with E-state index in [9.17, 15) is 8.42 Å². The molecule has 2 N–H and O–H groups in total. The smallest absolute Gasteiger partial charge is 0.211 e. The van der Waals surface area contributed by atoms with Gasteiger partial charge >= 0.3 is 0 Å². The molecular formula is C18H32N4O2S. The van der Waals surface area contributed by atoms with Crippen LogP contribution in [0.1, 0.15) is 37.3 Å². The lowest BCUT2D eigenvalue weighted by molar-refractivity contribution is 0.424. The Morgan fingerprint density at radius 1 is 1.32 bits per heavy atom. The number of benzene rings is 1. The molecule has 0 bridgehead atoms. The van der Waals surface area contributed by atoms with E-state index >= 15 is 0 Å². The van der Waals surface area contributed by atoms with E-state index in [1.54, 1.807) is 7.05 Å². The van der Waals surface area contributed by atoms with Gasteiger partial charge in [-0.25, -0.2) is 12.7 Å². The number of hydrogen-bond donors (Lipinski definition) is 2. The Hall–Kier alpha value is -1.60. The molecule has 0 radical (unpaired) electrons. The molecule has 6 nitrogen and oxygen atoms in total. The zero-order valence-electron chi connectivity index (χ0n) is 16.0. The van der Waals surface area contributed by atoms with Crippen molar-refractivity contribution in [2.24, 2.45) is 4.99 Å². The van der Waals surface area contributed by atoms with Gasteiger partial charge in [-0.3, -0.25) is 4.99 Å². The van der Waals surface area contributed by atoms with Gasteiger partial charge in [-0.2, -0.15) is 0 Å². The van der Waals surface area contributed by atoms with Crippen LogP contribution in [0, 0.1) is 6.92 Å². The van der Waals surface area contributed by atoms with Crippen molar-refractivity contribution in [1.82, 2.24) is 14.9 Å². The maximum absolute atomic E-state index is 11.6. The molecule has 1 unspecified atom stereocenters. The summed E-state index contributed by atoms with van der Waals surface area (Å²) in [5.74, 6) is 1.11. The highest BCUT2D eigenvalue weighted by atomic mass is 32.2. The predicted octanol–water partition coefficient (Wildman–Crippen LogP) is 1.94. The van der Waals surface area contributed by atoms with Gasteiger partial charge in [0, 0.05) is 33.2 Å². The first-order valence-corrected chi connectivity index (χ1v) is 10.6. The summed E-state index contributed by atoms with van der Waals surface area (Å²) in [5, 5.41) is 6.56. The van der Waals surface area contributed by atoms with E-state index in [2.05, 4.69) is 53.7 Å². The highest BCUT2D eigenvalue weighted by Crippen LogP contribution is 2.15. The van der Waals surface area contributed by atoms with Gasteiger partial charge in [-0.05, 0) is 24.8 Å². The maximum Gasteiger partial charge on any atom is 0.211 e. The Balaban J connectivity index is 2.38. The van der Waals surface area contributed by atoms with Gasteiger partial charge < -0.3 is 10.6 Å². The Bertz CT molecular complexity index is 659. The zero-order valence-corrected chi connectivity index (χ0v) is 16.9. The van der Waals surface area contributed by atoms with Gasteiger partial charge in [0.2, 0.25) is 10.0 Å². The molecule has 0 aromatic heterocycles. The first kappa shape index (κ1) is 21.4. The predicted molar refractivity (Wildman–Crippen MR) is 106 cm³/mol. The number of sulfonamides is 1. The van der Waals surface area contributed by atoms with Gasteiger partial charge in [-0.1, -0.05) is 43.7 Å². The van der Waals surface area contributed by atoms with Gasteiger partial charge in [0.25, 0.3) is 0 Å². The van der Waals surface area contributed by atoms with E-state index in [0.717, 1.165) is 18.9 Å². The fourth-order valence-electron chi connectivity index (χ4n) is 2.59. The van der Waals surface area contributed by atoms with E-state index < -0.39 is 10.0 Å². The Morgan fingerprint density at radius 2 is 2.04 bits per heavy atom. The van der Waals surface area contributed by atoms with Crippen molar-refractivity contribution in [3.8, 4) is 0 Å². The van der Waals surface area contributed by atoms with Gasteiger partial charge in [0.15, 0.2) is 5.96 Å². The van der Waals surface area contributed by atoms with Crippen molar-refractivity contribution >= 4 is 16.0 Å². The van der Waals surface area contributed by atoms with E-state index in [4.69, 9.17) is 0 Å². The van der Waals surface area contributed by atoms with Gasteiger partial charge in [0.05, 0.1) is 6.26 Å². The summed E-state index contributed by atoms with van der Waals surface area (Å²) in [6.07, 6.45) is 1.98. The summed E-state index contributed by atoms with van der Waals surface area (Å²) in [4.78, 5) is 4.22. The minimum Gasteiger partial charge on any atom is -0.356 e. The fourth-order valence-corrected chi connectivity index (χ4v) is 3.52. The summed E-state index contributed by atoms with van der Waals surface area (Å²) in [7, 11) is -1.38. The normalized spacial score (nSPS) is 13.8. The van der Waals surface area contributed by atoms with Crippen LogP contribution in [-0.4, -0.2) is 58.2 Å². The second-order valence-corrected chi connectivity index (χ2v) is 8.29. The molecule has 1 atom stereocenters. The van der Waals surface area contributed by atoms with Crippen molar-refractivity contribution in [2.75, 3.05) is 39.5 Å². The summed E-state index contributed by atoms with van der Waals surface area (Å²) in [6, 6.07) is 8.52. The first-order chi connectivity index (χ1) is 11.8. The van der Waals surface area contributed by atoms with Crippen molar-refractivity contribution < 1.29 is 8.42 Å². The lowest BCUT2D eigenvalue weighted by Gasteiger charge is -2.19. The molecule has 0 spiro atoms. The molecule has 1 aromatic rings. The van der Waals surface area contributed by atoms with Crippen LogP contribution in [0.4, 0.5) is 0 Å². The molecule has 0 saturated carbocycles. The van der Waals surface area contributed by atoms with Crippen LogP contribution in [-0.2, 0) is 10.0 Å². The van der Waals surface area contributed by atoms with Crippen molar-refractivity contribution in [1.29, 1.82) is 0 Å². The fraction of sp³-hybridized carbons (Fsp3) is 0.611. The third kappa shape index (κ3) is 7.88. The van der Waals surface area contributed by atoms with Crippen LogP contribution in [0.2, 0.25) is 0 Å². The number of nitrogens with zero attached hydrogens (tertiary/aromatic N) is 2. The van der Waals surface area contributed by atoms with Gasteiger partial charge in [0.1, 0.15) is 0 Å². The first-order valence-electron chi connectivity index (χ1n) is 8.74. The Kier molecular flexibility index (Phi) is 8.92. The van der Waals surface area contributed by atoms with E-state index in [0.29, 0.717) is 25.6 Å². The van der Waals surface area contributed by atoms with E-state index in [-0.39, 0.29) is 0 Å². The lowest BCUT2D eigenvalue weighted by atomic mass is 9.99. The summed E-state index contributed by atoms with van der Waals surface area (Å²) < 4.78 is 24.6. The highest BCUT2D eigenvalue weighted by Gasteiger charge is 2.13. The number of aryl methyl sites for hydroxylation is 1. The standard InChI is InChI=1S/C18H32N4O2S/c1-6-22(25(5,23)24)12-8-11-20-18(19-4)21-14-16(3)17-10-7-9-15(2)13-17/h7,9-10,13,16H,6,8,11-12,14H2,1-5H3,(H2,19,20,21). The topological polar surface area (TPSA) is 73.8 Å². The van der Waals surface area contributed by atoms with Crippen LogP contribution in [0.15, 0.2) is 29.3 Å². The van der Waals surface area contributed by atoms with Crippen molar-refractivity contribution in [3.05, 3.63) is 35.4 Å². The van der Waals surface area contributed by atoms with Crippen LogP contribution in [0.25, 0.3) is 0 Å². The zero-order chi connectivity index (χ0) is 18.9. The largest absolute Gasteiger partial charge is 0.356 e. The van der Waals surface area contributed by atoms with E-state index in [1.807, 2.05) is 6.92 Å². The molecule has 0 heterocycles. The summed E-state index contributed by atoms with van der Waals surface area (Å²) in [6.45, 7) is 8.60. The molecule has 0 aliphatic rings. The lowest BCUT2D eigenvalue weighted by Crippen LogP contribution is -2.40. The molecule has 0 fully saturated rings. The summed E-state index contributed by atoms with van der Waals surface area (Å²) in [5.41, 5.74) is 2.56. The molecule has 0 aliphatic carbocycles. The van der Waals surface area contributed by atoms with Crippen molar-refractivity contribution in [2.45, 2.75) is 33.1 Å². The average molecular weight is 369 g/mol. The second kappa shape index (κ2) is 10.4. The molecule has 25 heavy (non-hydrogen) atoms. The van der Waals surface area contributed by atoms with Crippen LogP contribution in [0.3, 0.4) is 0 Å². The molecule has 1 aromatic carbocycles. The molecule has 1 rings (SSSR count). The molecule has 0 amide bonds. The van der Waals surface area contributed by atoms with Gasteiger partial charge in [-0.15, -0.1) is 0 Å². The Labute approximate surface area is 152 Å². The highest BCUT2D eigenvalue weighted by molar-refractivity contribution is 7.88. The second-order valence-electron chi connectivity index (χ2n) is 6.30. The number of aliphatic imine (C=N–C) groups is 1. The van der Waals surface area contributed by atoms with Crippen LogP contribution < -0.4 is 10.6 Å². The molecule has 0 aliphatic heterocycles. The monoisotopic (exact) mass is 368 g/mol. The SMILES string of the molecule is CCN(CCCNC(=NC)NCC(C)c1cccc(C)c1)S(C)(=O)=O. The minimum atomic E-state index is -3.12. The molecule has 7 heteroatoms. The van der Waals surface area contributed by atoms with Crippen LogP contribution >= 0.6 is 0 Å². The van der Waals surface area contributed by atoms with E-state index in [1.165, 1.54) is 21.7 Å². The molecule has 0 saturated heterocycles. The average Bonchev–Trinajstić information content (AvgIpc) is 2.56. The maximum atomic E-state index is 11.6. The molecular weight excluding hydrogens is 336 g/mol. The number of rotatable bonds is 9. The quantitative estimate of drug-likeness (QED) is 0.397. The number of guanidine groups is 1. The Morgan fingerprint density at radius 3 is 2.60 bits per heavy atom. The third-order valence-electron chi connectivity index (χ3n) is 4.11. The van der Waals surface area contributed by atoms with Crippen LogP contribution in [0.5, 0.6) is 0 Å². The molecule has 142 valence electrons. The third-order valence-corrected chi connectivity index (χ3v) is 5.49. The van der Waals surface area contributed by atoms with Crippen molar-refractivity contribution in [3.63, 3.8) is 0 Å².